The molecule has 1 aromatic rings. The van der Waals surface area contributed by atoms with Gasteiger partial charge in [0.15, 0.2) is 0 Å². The van der Waals surface area contributed by atoms with E-state index in [9.17, 15) is 14.7 Å². The smallest absolute Gasteiger partial charge is 0.321 e. The Labute approximate surface area is 118 Å². The molecule has 1 aliphatic rings. The maximum absolute atomic E-state index is 12.2. The van der Waals surface area contributed by atoms with Crippen LogP contribution in [0.25, 0.3) is 0 Å². The van der Waals surface area contributed by atoms with Gasteiger partial charge in [0.05, 0.1) is 5.41 Å². The Morgan fingerprint density at radius 3 is 2.80 bits per heavy atom. The van der Waals surface area contributed by atoms with Gasteiger partial charge in [-0.2, -0.15) is 0 Å². The summed E-state index contributed by atoms with van der Waals surface area (Å²) in [5, 5.41) is 12.1. The Bertz CT molecular complexity index is 530. The molecule has 1 aromatic carbocycles. The van der Waals surface area contributed by atoms with Gasteiger partial charge in [-0.3, -0.25) is 4.79 Å². The summed E-state index contributed by atoms with van der Waals surface area (Å²) in [6.07, 6.45) is 1.32. The first kappa shape index (κ1) is 14.4. The van der Waals surface area contributed by atoms with Crippen molar-refractivity contribution in [2.75, 3.05) is 18.4 Å². The van der Waals surface area contributed by atoms with E-state index in [2.05, 4.69) is 5.32 Å². The zero-order chi connectivity index (χ0) is 14.8. The van der Waals surface area contributed by atoms with Crippen molar-refractivity contribution in [3.63, 3.8) is 0 Å². The van der Waals surface area contributed by atoms with Gasteiger partial charge in [0, 0.05) is 18.8 Å². The molecule has 108 valence electrons. The molecule has 2 N–H and O–H groups in total. The molecule has 5 nitrogen and oxygen atoms in total. The topological polar surface area (TPSA) is 69.6 Å². The molecular weight excluding hydrogens is 256 g/mol. The highest BCUT2D eigenvalue weighted by molar-refractivity contribution is 5.90. The molecule has 5 heteroatoms. The third kappa shape index (κ3) is 3.10. The largest absolute Gasteiger partial charge is 0.481 e. The molecule has 20 heavy (non-hydrogen) atoms. The van der Waals surface area contributed by atoms with Crippen molar-refractivity contribution in [1.82, 2.24) is 4.90 Å². The zero-order valence-corrected chi connectivity index (χ0v) is 11.8. The molecule has 1 unspecified atom stereocenters. The number of urea groups is 1. The molecule has 0 aliphatic carbocycles. The van der Waals surface area contributed by atoms with Crippen LogP contribution in [0.1, 0.15) is 25.3 Å². The van der Waals surface area contributed by atoms with Gasteiger partial charge in [-0.15, -0.1) is 0 Å². The number of nitrogens with one attached hydrogen (secondary N) is 1. The number of carbonyl (C=O) groups is 2. The van der Waals surface area contributed by atoms with Gasteiger partial charge < -0.3 is 15.3 Å². The van der Waals surface area contributed by atoms with Gasteiger partial charge in [-0.25, -0.2) is 4.79 Å². The second kappa shape index (κ2) is 5.53. The fourth-order valence-corrected chi connectivity index (χ4v) is 2.51. The van der Waals surface area contributed by atoms with Gasteiger partial charge in [-0.05, 0) is 44.4 Å². The zero-order valence-electron chi connectivity index (χ0n) is 11.8. The summed E-state index contributed by atoms with van der Waals surface area (Å²) < 4.78 is 0. The van der Waals surface area contributed by atoms with Gasteiger partial charge in [-0.1, -0.05) is 12.1 Å². The number of aryl methyl sites for hydroxylation is 1. The van der Waals surface area contributed by atoms with Crippen molar-refractivity contribution in [2.24, 2.45) is 5.41 Å². The molecule has 0 radical (unpaired) electrons. The molecule has 1 saturated heterocycles. The first-order chi connectivity index (χ1) is 9.40. The highest BCUT2D eigenvalue weighted by Crippen LogP contribution is 2.30. The van der Waals surface area contributed by atoms with Gasteiger partial charge >= 0.3 is 12.0 Å². The minimum absolute atomic E-state index is 0.234. The number of hydrogen-bond donors (Lipinski definition) is 2. The molecule has 2 amide bonds. The monoisotopic (exact) mass is 276 g/mol. The summed E-state index contributed by atoms with van der Waals surface area (Å²) in [4.78, 5) is 25.1. The lowest BCUT2D eigenvalue weighted by molar-refractivity contribution is -0.150. The van der Waals surface area contributed by atoms with E-state index >= 15 is 0 Å². The Kier molecular flexibility index (Phi) is 3.97. The quantitative estimate of drug-likeness (QED) is 0.872. The summed E-state index contributed by atoms with van der Waals surface area (Å²) >= 11 is 0. The van der Waals surface area contributed by atoms with Gasteiger partial charge in [0.25, 0.3) is 0 Å². The van der Waals surface area contributed by atoms with Crippen molar-refractivity contribution in [2.45, 2.75) is 26.7 Å². The first-order valence-corrected chi connectivity index (χ1v) is 6.77. The fraction of sp³-hybridized carbons (Fsp3) is 0.467. The number of aliphatic carboxylic acids is 1. The van der Waals surface area contributed by atoms with Crippen LogP contribution in [-0.4, -0.2) is 35.1 Å². The van der Waals surface area contributed by atoms with E-state index in [1.807, 2.05) is 31.2 Å². The van der Waals surface area contributed by atoms with E-state index in [-0.39, 0.29) is 12.6 Å². The number of nitrogens with zero attached hydrogens (tertiary/aromatic N) is 1. The van der Waals surface area contributed by atoms with E-state index in [0.717, 1.165) is 11.3 Å². The standard InChI is InChI=1S/C15H20N2O3/c1-11-5-3-6-12(9-11)16-14(20)17-8-4-7-15(2,10-17)13(18)19/h3,5-6,9H,4,7-8,10H2,1-2H3,(H,16,20)(H,18,19). The maximum Gasteiger partial charge on any atom is 0.321 e. The van der Waals surface area contributed by atoms with Crippen LogP contribution in [0.4, 0.5) is 10.5 Å². The Hall–Kier alpha value is -2.04. The number of rotatable bonds is 2. The second-order valence-electron chi connectivity index (χ2n) is 5.69. The van der Waals surface area contributed by atoms with Crippen LogP contribution in [-0.2, 0) is 4.79 Å². The molecular formula is C15H20N2O3. The van der Waals surface area contributed by atoms with Crippen LogP contribution < -0.4 is 5.32 Å². The summed E-state index contributed by atoms with van der Waals surface area (Å²) in [6, 6.07) is 7.31. The minimum atomic E-state index is -0.845. The summed E-state index contributed by atoms with van der Waals surface area (Å²) in [5.74, 6) is -0.842. The van der Waals surface area contributed by atoms with E-state index < -0.39 is 11.4 Å². The fourth-order valence-electron chi connectivity index (χ4n) is 2.51. The van der Waals surface area contributed by atoms with Crippen LogP contribution in [0.5, 0.6) is 0 Å². The number of hydrogen-bond acceptors (Lipinski definition) is 2. The molecule has 0 saturated carbocycles. The van der Waals surface area contributed by atoms with Crippen LogP contribution >= 0.6 is 0 Å². The van der Waals surface area contributed by atoms with E-state index in [1.165, 1.54) is 0 Å². The van der Waals surface area contributed by atoms with E-state index in [1.54, 1.807) is 11.8 Å². The van der Waals surface area contributed by atoms with Crippen LogP contribution in [0.3, 0.4) is 0 Å². The third-order valence-electron chi connectivity index (χ3n) is 3.77. The molecule has 0 spiro atoms. The van der Waals surface area contributed by atoms with Crippen molar-refractivity contribution in [3.8, 4) is 0 Å². The lowest BCUT2D eigenvalue weighted by Crippen LogP contribution is -2.49. The van der Waals surface area contributed by atoms with Crippen LogP contribution in [0.15, 0.2) is 24.3 Å². The Morgan fingerprint density at radius 1 is 1.40 bits per heavy atom. The highest BCUT2D eigenvalue weighted by atomic mass is 16.4. The predicted octanol–water partition coefficient (Wildman–Crippen LogP) is 2.71. The van der Waals surface area contributed by atoms with Crippen LogP contribution in [0, 0.1) is 12.3 Å². The summed E-state index contributed by atoms with van der Waals surface area (Å²) in [7, 11) is 0. The molecule has 1 heterocycles. The predicted molar refractivity (Wildman–Crippen MR) is 76.7 cm³/mol. The van der Waals surface area contributed by atoms with Crippen LogP contribution in [0.2, 0.25) is 0 Å². The maximum atomic E-state index is 12.2. The first-order valence-electron chi connectivity index (χ1n) is 6.77. The molecule has 1 aliphatic heterocycles. The number of benzene rings is 1. The number of carbonyl (C=O) groups excluding carboxylic acids is 1. The number of likely N-dealkylation sites (tertiary alicyclic amines) is 1. The normalized spacial score (nSPS) is 22.4. The highest BCUT2D eigenvalue weighted by Gasteiger charge is 2.39. The average Bonchev–Trinajstić information content (AvgIpc) is 2.38. The number of anilines is 1. The van der Waals surface area contributed by atoms with Gasteiger partial charge in [0.2, 0.25) is 0 Å². The molecule has 2 rings (SSSR count). The van der Waals surface area contributed by atoms with E-state index in [0.29, 0.717) is 19.4 Å². The number of carboxylic acids is 1. The second-order valence-corrected chi connectivity index (χ2v) is 5.69. The molecule has 1 fully saturated rings. The number of amides is 2. The van der Waals surface area contributed by atoms with Crippen molar-refractivity contribution in [1.29, 1.82) is 0 Å². The average molecular weight is 276 g/mol. The molecule has 0 bridgehead atoms. The van der Waals surface area contributed by atoms with Gasteiger partial charge in [0.1, 0.15) is 0 Å². The number of carboxylic acid groups (broad SMARTS) is 1. The number of piperidine rings is 1. The lowest BCUT2D eigenvalue weighted by atomic mass is 9.82. The Balaban J connectivity index is 2.04. The SMILES string of the molecule is Cc1cccc(NC(=O)N2CCCC(C)(C(=O)O)C2)c1. The van der Waals surface area contributed by atoms with Crippen molar-refractivity contribution >= 4 is 17.7 Å². The van der Waals surface area contributed by atoms with E-state index in [4.69, 9.17) is 0 Å². The molecule has 0 aromatic heterocycles. The summed E-state index contributed by atoms with van der Waals surface area (Å²) in [6.45, 7) is 4.50. The summed E-state index contributed by atoms with van der Waals surface area (Å²) in [5.41, 5.74) is 0.955. The lowest BCUT2D eigenvalue weighted by Gasteiger charge is -2.37. The molecule has 1 atom stereocenters. The third-order valence-corrected chi connectivity index (χ3v) is 3.77. The van der Waals surface area contributed by atoms with Crippen molar-refractivity contribution < 1.29 is 14.7 Å². The minimum Gasteiger partial charge on any atom is -0.481 e. The Morgan fingerprint density at radius 2 is 2.15 bits per heavy atom. The van der Waals surface area contributed by atoms with Crippen molar-refractivity contribution in [3.05, 3.63) is 29.8 Å².